The number of nitrogens with one attached hydrogen (secondary N) is 1. The van der Waals surface area contributed by atoms with E-state index in [1.807, 2.05) is 0 Å². The zero-order valence-electron chi connectivity index (χ0n) is 11.4. The molecule has 0 saturated heterocycles. The van der Waals surface area contributed by atoms with Crippen LogP contribution < -0.4 is 20.5 Å². The minimum Gasteiger partial charge on any atom is -0.494 e. The first-order chi connectivity index (χ1) is 10.1. The van der Waals surface area contributed by atoms with Gasteiger partial charge in [0.2, 0.25) is 0 Å². The van der Waals surface area contributed by atoms with Crippen molar-refractivity contribution in [3.63, 3.8) is 0 Å². The molecule has 0 aliphatic carbocycles. The molecular formula is C15H15FN2O3. The molecule has 0 aliphatic rings. The summed E-state index contributed by atoms with van der Waals surface area (Å²) in [5, 5.41) is 2.58. The highest BCUT2D eigenvalue weighted by atomic mass is 19.1. The van der Waals surface area contributed by atoms with Crippen LogP contribution in [0.4, 0.5) is 15.8 Å². The number of nitrogens with two attached hydrogens (primary N) is 1. The summed E-state index contributed by atoms with van der Waals surface area (Å²) >= 11 is 0. The summed E-state index contributed by atoms with van der Waals surface area (Å²) in [6.45, 7) is -0.214. The number of carbonyl (C=O) groups is 1. The van der Waals surface area contributed by atoms with Crippen LogP contribution in [0.2, 0.25) is 0 Å². The molecule has 3 N–H and O–H groups in total. The Morgan fingerprint density at radius 2 is 2.00 bits per heavy atom. The molecule has 110 valence electrons. The van der Waals surface area contributed by atoms with Crippen LogP contribution in [-0.4, -0.2) is 19.6 Å². The Labute approximate surface area is 121 Å². The lowest BCUT2D eigenvalue weighted by Gasteiger charge is -2.11. The van der Waals surface area contributed by atoms with Gasteiger partial charge in [-0.05, 0) is 24.3 Å². The number of hydrogen-bond acceptors (Lipinski definition) is 4. The van der Waals surface area contributed by atoms with Crippen molar-refractivity contribution >= 4 is 17.3 Å². The number of carbonyl (C=O) groups excluding carboxylic acids is 1. The summed E-state index contributed by atoms with van der Waals surface area (Å²) in [5.41, 5.74) is 6.52. The summed E-state index contributed by atoms with van der Waals surface area (Å²) in [5.74, 6) is -0.178. The summed E-state index contributed by atoms with van der Waals surface area (Å²) in [7, 11) is 1.39. The van der Waals surface area contributed by atoms with Crippen molar-refractivity contribution in [1.82, 2.24) is 0 Å². The van der Waals surface area contributed by atoms with Gasteiger partial charge in [-0.1, -0.05) is 12.1 Å². The Bertz CT molecular complexity index is 647. The predicted octanol–water partition coefficient (Wildman–Crippen LogP) is 2.43. The first kappa shape index (κ1) is 14.6. The Morgan fingerprint density at radius 1 is 1.24 bits per heavy atom. The smallest absolute Gasteiger partial charge is 0.262 e. The Kier molecular flexibility index (Phi) is 4.61. The van der Waals surface area contributed by atoms with Crippen molar-refractivity contribution in [3.8, 4) is 11.5 Å². The fraction of sp³-hybridized carbons (Fsp3) is 0.133. The topological polar surface area (TPSA) is 73.6 Å². The lowest BCUT2D eigenvalue weighted by molar-refractivity contribution is -0.118. The van der Waals surface area contributed by atoms with E-state index >= 15 is 0 Å². The lowest BCUT2D eigenvalue weighted by Crippen LogP contribution is -2.20. The third kappa shape index (κ3) is 3.85. The first-order valence-electron chi connectivity index (χ1n) is 6.21. The molecule has 1 amide bonds. The van der Waals surface area contributed by atoms with Crippen molar-refractivity contribution in [2.45, 2.75) is 0 Å². The monoisotopic (exact) mass is 290 g/mol. The van der Waals surface area contributed by atoms with Crippen LogP contribution in [0.5, 0.6) is 11.5 Å². The molecular weight excluding hydrogens is 275 g/mol. The van der Waals surface area contributed by atoms with Gasteiger partial charge in [0.15, 0.2) is 6.61 Å². The third-order valence-corrected chi connectivity index (χ3v) is 2.72. The van der Waals surface area contributed by atoms with Gasteiger partial charge in [0, 0.05) is 6.07 Å². The van der Waals surface area contributed by atoms with Gasteiger partial charge in [-0.25, -0.2) is 4.39 Å². The summed E-state index contributed by atoms with van der Waals surface area (Å²) in [6.07, 6.45) is 0. The average molecular weight is 290 g/mol. The molecule has 0 saturated carbocycles. The second-order valence-electron chi connectivity index (χ2n) is 4.22. The van der Waals surface area contributed by atoms with Gasteiger partial charge >= 0.3 is 0 Å². The van der Waals surface area contributed by atoms with Gasteiger partial charge in [-0.3, -0.25) is 4.79 Å². The average Bonchev–Trinajstić information content (AvgIpc) is 2.48. The van der Waals surface area contributed by atoms with E-state index in [0.717, 1.165) is 0 Å². The molecule has 0 aromatic heterocycles. The number of methoxy groups -OCH3 is 1. The van der Waals surface area contributed by atoms with Crippen LogP contribution in [0.25, 0.3) is 0 Å². The number of halogens is 1. The molecule has 0 atom stereocenters. The van der Waals surface area contributed by atoms with E-state index in [9.17, 15) is 9.18 Å². The molecule has 0 bridgehead atoms. The SMILES string of the molecule is COc1cc(F)ccc1NC(=O)COc1ccccc1N. The van der Waals surface area contributed by atoms with Gasteiger partial charge < -0.3 is 20.5 Å². The molecule has 0 radical (unpaired) electrons. The van der Waals surface area contributed by atoms with Gasteiger partial charge in [0.25, 0.3) is 5.91 Å². The van der Waals surface area contributed by atoms with E-state index < -0.39 is 11.7 Å². The number of anilines is 2. The molecule has 2 aromatic rings. The molecule has 0 fully saturated rings. The molecule has 2 aromatic carbocycles. The quantitative estimate of drug-likeness (QED) is 0.829. The van der Waals surface area contributed by atoms with Crippen molar-refractivity contribution < 1.29 is 18.7 Å². The van der Waals surface area contributed by atoms with Crippen LogP contribution >= 0.6 is 0 Å². The molecule has 6 heteroatoms. The number of benzene rings is 2. The number of hydrogen-bond donors (Lipinski definition) is 2. The molecule has 0 spiro atoms. The maximum Gasteiger partial charge on any atom is 0.262 e. The number of para-hydroxylation sites is 2. The van der Waals surface area contributed by atoms with E-state index in [-0.39, 0.29) is 12.4 Å². The highest BCUT2D eigenvalue weighted by Crippen LogP contribution is 2.25. The summed E-state index contributed by atoms with van der Waals surface area (Å²) in [6, 6.07) is 10.7. The van der Waals surface area contributed by atoms with Crippen molar-refractivity contribution in [3.05, 3.63) is 48.3 Å². The Hall–Kier alpha value is -2.76. The van der Waals surface area contributed by atoms with Crippen molar-refractivity contribution in [2.75, 3.05) is 24.8 Å². The fourth-order valence-corrected chi connectivity index (χ4v) is 1.71. The second kappa shape index (κ2) is 6.60. The van der Waals surface area contributed by atoms with E-state index in [4.69, 9.17) is 15.2 Å². The molecule has 21 heavy (non-hydrogen) atoms. The van der Waals surface area contributed by atoms with E-state index in [0.29, 0.717) is 17.1 Å². The van der Waals surface area contributed by atoms with Gasteiger partial charge in [0.05, 0.1) is 18.5 Å². The van der Waals surface area contributed by atoms with Crippen LogP contribution in [0, 0.1) is 5.82 Å². The standard InChI is InChI=1S/C15H15FN2O3/c1-20-14-8-10(16)6-7-12(14)18-15(19)9-21-13-5-3-2-4-11(13)17/h2-8H,9,17H2,1H3,(H,18,19). The predicted molar refractivity (Wildman–Crippen MR) is 77.9 cm³/mol. The minimum absolute atomic E-state index is 0.214. The fourth-order valence-electron chi connectivity index (χ4n) is 1.71. The number of nitrogen functional groups attached to an aromatic ring is 1. The van der Waals surface area contributed by atoms with Gasteiger partial charge in [0.1, 0.15) is 17.3 Å². The third-order valence-electron chi connectivity index (χ3n) is 2.72. The molecule has 5 nitrogen and oxygen atoms in total. The highest BCUT2D eigenvalue weighted by Gasteiger charge is 2.10. The first-order valence-corrected chi connectivity index (χ1v) is 6.21. The minimum atomic E-state index is -0.446. The maximum absolute atomic E-state index is 13.1. The molecule has 0 heterocycles. The normalized spacial score (nSPS) is 10.0. The van der Waals surface area contributed by atoms with Crippen molar-refractivity contribution in [2.24, 2.45) is 0 Å². The molecule has 0 unspecified atom stereocenters. The lowest BCUT2D eigenvalue weighted by atomic mass is 10.3. The van der Waals surface area contributed by atoms with Crippen LogP contribution in [0.3, 0.4) is 0 Å². The highest BCUT2D eigenvalue weighted by molar-refractivity contribution is 5.93. The van der Waals surface area contributed by atoms with E-state index in [1.54, 1.807) is 24.3 Å². The zero-order valence-corrected chi connectivity index (χ0v) is 11.4. The van der Waals surface area contributed by atoms with Crippen LogP contribution in [0.1, 0.15) is 0 Å². The summed E-state index contributed by atoms with van der Waals surface area (Å²) < 4.78 is 23.4. The number of rotatable bonds is 5. The van der Waals surface area contributed by atoms with Crippen LogP contribution in [-0.2, 0) is 4.79 Å². The number of ether oxygens (including phenoxy) is 2. The van der Waals surface area contributed by atoms with Crippen LogP contribution in [0.15, 0.2) is 42.5 Å². The molecule has 0 aliphatic heterocycles. The summed E-state index contributed by atoms with van der Waals surface area (Å²) in [4.78, 5) is 11.8. The number of amides is 1. The second-order valence-corrected chi connectivity index (χ2v) is 4.22. The largest absolute Gasteiger partial charge is 0.494 e. The zero-order chi connectivity index (χ0) is 15.2. The van der Waals surface area contributed by atoms with Crippen molar-refractivity contribution in [1.29, 1.82) is 0 Å². The maximum atomic E-state index is 13.1. The Morgan fingerprint density at radius 3 is 2.71 bits per heavy atom. The van der Waals surface area contributed by atoms with Gasteiger partial charge in [-0.15, -0.1) is 0 Å². The molecule has 2 rings (SSSR count). The van der Waals surface area contributed by atoms with Gasteiger partial charge in [-0.2, -0.15) is 0 Å². The van der Waals surface area contributed by atoms with E-state index in [2.05, 4.69) is 5.32 Å². The van der Waals surface area contributed by atoms with E-state index in [1.165, 1.54) is 25.3 Å². The Balaban J connectivity index is 1.98.